The van der Waals surface area contributed by atoms with E-state index in [9.17, 15) is 0 Å². The van der Waals surface area contributed by atoms with E-state index in [2.05, 4.69) is 0 Å². The summed E-state index contributed by atoms with van der Waals surface area (Å²) in [6.45, 7) is 0.316. The molecule has 0 bridgehead atoms. The van der Waals surface area contributed by atoms with Crippen molar-refractivity contribution in [1.82, 2.24) is 0 Å². The van der Waals surface area contributed by atoms with E-state index in [4.69, 9.17) is 10.8 Å². The van der Waals surface area contributed by atoms with Gasteiger partial charge in [0.05, 0.1) is 0 Å². The molecule has 12 heavy (non-hydrogen) atoms. The molecule has 1 fully saturated rings. The molecule has 0 aliphatic heterocycles. The first-order chi connectivity index (χ1) is 5.77. The van der Waals surface area contributed by atoms with Gasteiger partial charge < -0.3 is 10.8 Å². The average molecular weight is 171 g/mol. The van der Waals surface area contributed by atoms with E-state index in [1.165, 1.54) is 32.1 Å². The van der Waals surface area contributed by atoms with Gasteiger partial charge in [-0.2, -0.15) is 0 Å². The fourth-order valence-corrected chi connectivity index (χ4v) is 2.09. The zero-order chi connectivity index (χ0) is 8.86. The Kier molecular flexibility index (Phi) is 4.02. The van der Waals surface area contributed by atoms with E-state index in [-0.39, 0.29) is 5.54 Å². The van der Waals surface area contributed by atoms with Gasteiger partial charge in [-0.25, -0.2) is 0 Å². The summed E-state index contributed by atoms with van der Waals surface area (Å²) in [6, 6.07) is 0. The Labute approximate surface area is 75.2 Å². The molecule has 1 aliphatic carbocycles. The fourth-order valence-electron chi connectivity index (χ4n) is 2.09. The van der Waals surface area contributed by atoms with Crippen molar-refractivity contribution >= 4 is 0 Å². The first kappa shape index (κ1) is 10.0. The second-order valence-electron chi connectivity index (χ2n) is 4.10. The maximum atomic E-state index is 8.64. The monoisotopic (exact) mass is 171 g/mol. The topological polar surface area (TPSA) is 46.2 Å². The molecule has 1 saturated carbocycles. The number of hydrogen-bond acceptors (Lipinski definition) is 2. The van der Waals surface area contributed by atoms with E-state index in [0.29, 0.717) is 6.61 Å². The Morgan fingerprint density at radius 1 is 1.08 bits per heavy atom. The van der Waals surface area contributed by atoms with Crippen LogP contribution in [0.5, 0.6) is 0 Å². The van der Waals surface area contributed by atoms with Crippen LogP contribution in [-0.4, -0.2) is 17.3 Å². The molecule has 1 aliphatic rings. The Hall–Kier alpha value is -0.0800. The summed E-state index contributed by atoms with van der Waals surface area (Å²) in [5.74, 6) is 0. The molecule has 0 unspecified atom stereocenters. The van der Waals surface area contributed by atoms with Crippen molar-refractivity contribution < 1.29 is 5.11 Å². The highest BCUT2D eigenvalue weighted by molar-refractivity contribution is 4.86. The van der Waals surface area contributed by atoms with Crippen LogP contribution in [0.4, 0.5) is 0 Å². The van der Waals surface area contributed by atoms with E-state index >= 15 is 0 Å². The van der Waals surface area contributed by atoms with Gasteiger partial charge in [0.2, 0.25) is 0 Å². The average Bonchev–Trinajstić information content (AvgIpc) is 2.06. The molecule has 72 valence electrons. The Morgan fingerprint density at radius 3 is 2.33 bits per heavy atom. The van der Waals surface area contributed by atoms with Crippen LogP contribution < -0.4 is 5.73 Å². The molecule has 0 saturated heterocycles. The highest BCUT2D eigenvalue weighted by Crippen LogP contribution is 2.29. The number of unbranched alkanes of at least 4 members (excludes halogenated alkanes) is 1. The molecule has 0 heterocycles. The predicted molar refractivity (Wildman–Crippen MR) is 50.9 cm³/mol. The molecule has 2 nitrogen and oxygen atoms in total. The summed E-state index contributed by atoms with van der Waals surface area (Å²) in [7, 11) is 0. The van der Waals surface area contributed by atoms with Crippen LogP contribution in [0.25, 0.3) is 0 Å². The third-order valence-corrected chi connectivity index (χ3v) is 2.93. The van der Waals surface area contributed by atoms with Crippen molar-refractivity contribution in [3.8, 4) is 0 Å². The lowest BCUT2D eigenvalue weighted by Gasteiger charge is -2.33. The van der Waals surface area contributed by atoms with Gasteiger partial charge in [0, 0.05) is 12.1 Å². The van der Waals surface area contributed by atoms with Crippen molar-refractivity contribution in [2.45, 2.75) is 56.9 Å². The minimum Gasteiger partial charge on any atom is -0.396 e. The molecule has 0 amide bonds. The highest BCUT2D eigenvalue weighted by atomic mass is 16.2. The van der Waals surface area contributed by atoms with Gasteiger partial charge in [0.25, 0.3) is 0 Å². The molecular formula is C10H21NO. The van der Waals surface area contributed by atoms with Crippen LogP contribution in [0, 0.1) is 0 Å². The normalized spacial score (nSPS) is 22.5. The van der Waals surface area contributed by atoms with Gasteiger partial charge in [-0.15, -0.1) is 0 Å². The van der Waals surface area contributed by atoms with Crippen molar-refractivity contribution in [2.75, 3.05) is 6.61 Å². The maximum absolute atomic E-state index is 8.64. The molecule has 3 N–H and O–H groups in total. The minimum atomic E-state index is 0.118. The first-order valence-corrected chi connectivity index (χ1v) is 5.17. The van der Waals surface area contributed by atoms with E-state index < -0.39 is 0 Å². The van der Waals surface area contributed by atoms with Crippen molar-refractivity contribution in [3.63, 3.8) is 0 Å². The summed E-state index contributed by atoms with van der Waals surface area (Å²) in [6.07, 6.45) is 9.46. The molecule has 1 rings (SSSR count). The van der Waals surface area contributed by atoms with Crippen LogP contribution in [0.3, 0.4) is 0 Å². The minimum absolute atomic E-state index is 0.118. The zero-order valence-corrected chi connectivity index (χ0v) is 7.89. The lowest BCUT2D eigenvalue weighted by Crippen LogP contribution is -2.41. The van der Waals surface area contributed by atoms with Gasteiger partial charge in [-0.3, -0.25) is 0 Å². The standard InChI is InChI=1S/C10H21NO/c11-10(8-4-5-9-12)6-2-1-3-7-10/h12H,1-9,11H2. The van der Waals surface area contributed by atoms with E-state index in [0.717, 1.165) is 19.3 Å². The maximum Gasteiger partial charge on any atom is 0.0431 e. The molecule has 2 heteroatoms. The lowest BCUT2D eigenvalue weighted by atomic mass is 9.79. The molecule has 0 radical (unpaired) electrons. The summed E-state index contributed by atoms with van der Waals surface area (Å²) in [5.41, 5.74) is 6.34. The summed E-state index contributed by atoms with van der Waals surface area (Å²) in [5, 5.41) is 8.64. The summed E-state index contributed by atoms with van der Waals surface area (Å²) < 4.78 is 0. The quantitative estimate of drug-likeness (QED) is 0.634. The van der Waals surface area contributed by atoms with Crippen LogP contribution in [0.15, 0.2) is 0 Å². The first-order valence-electron chi connectivity index (χ1n) is 5.17. The summed E-state index contributed by atoms with van der Waals surface area (Å²) in [4.78, 5) is 0. The fraction of sp³-hybridized carbons (Fsp3) is 1.00. The molecule has 0 aromatic carbocycles. The van der Waals surface area contributed by atoms with Crippen molar-refractivity contribution in [1.29, 1.82) is 0 Å². The van der Waals surface area contributed by atoms with Crippen molar-refractivity contribution in [2.24, 2.45) is 5.73 Å². The van der Waals surface area contributed by atoms with Crippen LogP contribution >= 0.6 is 0 Å². The third kappa shape index (κ3) is 3.11. The molecule has 0 aromatic heterocycles. The largest absolute Gasteiger partial charge is 0.396 e. The molecule has 0 aromatic rings. The van der Waals surface area contributed by atoms with Gasteiger partial charge in [0.1, 0.15) is 0 Å². The second kappa shape index (κ2) is 4.83. The third-order valence-electron chi connectivity index (χ3n) is 2.93. The Bertz CT molecular complexity index is 119. The van der Waals surface area contributed by atoms with Crippen LogP contribution in [0.2, 0.25) is 0 Å². The highest BCUT2D eigenvalue weighted by Gasteiger charge is 2.26. The summed E-state index contributed by atoms with van der Waals surface area (Å²) >= 11 is 0. The number of rotatable bonds is 4. The van der Waals surface area contributed by atoms with Crippen LogP contribution in [0.1, 0.15) is 51.4 Å². The predicted octanol–water partition coefficient (Wildman–Crippen LogP) is 1.81. The Balaban J connectivity index is 2.17. The molecule has 0 spiro atoms. The van der Waals surface area contributed by atoms with Gasteiger partial charge >= 0.3 is 0 Å². The van der Waals surface area contributed by atoms with Gasteiger partial charge in [0.15, 0.2) is 0 Å². The number of hydrogen-bond donors (Lipinski definition) is 2. The smallest absolute Gasteiger partial charge is 0.0431 e. The van der Waals surface area contributed by atoms with E-state index in [1.807, 2.05) is 0 Å². The van der Waals surface area contributed by atoms with Gasteiger partial charge in [-0.1, -0.05) is 19.3 Å². The zero-order valence-electron chi connectivity index (χ0n) is 7.89. The van der Waals surface area contributed by atoms with Crippen LogP contribution in [-0.2, 0) is 0 Å². The molecular weight excluding hydrogens is 150 g/mol. The number of aliphatic hydroxyl groups excluding tert-OH is 1. The SMILES string of the molecule is NC1(CCCCO)CCCCC1. The number of nitrogens with two attached hydrogens (primary N) is 1. The molecule has 0 atom stereocenters. The lowest BCUT2D eigenvalue weighted by molar-refractivity contribution is 0.245. The van der Waals surface area contributed by atoms with Crippen molar-refractivity contribution in [3.05, 3.63) is 0 Å². The van der Waals surface area contributed by atoms with Gasteiger partial charge in [-0.05, 0) is 32.1 Å². The van der Waals surface area contributed by atoms with E-state index in [1.54, 1.807) is 0 Å². The second-order valence-corrected chi connectivity index (χ2v) is 4.10. The Morgan fingerprint density at radius 2 is 1.75 bits per heavy atom. The number of aliphatic hydroxyl groups is 1.